The van der Waals surface area contributed by atoms with Crippen LogP contribution in [0.15, 0.2) is 38.0 Å². The third-order valence-corrected chi connectivity index (χ3v) is 16.6. The number of hydrogen-bond donors (Lipinski definition) is 0. The molecule has 11 nitrogen and oxygen atoms in total. The Morgan fingerprint density at radius 2 is 0.869 bits per heavy atom. The van der Waals surface area contributed by atoms with E-state index in [-0.39, 0.29) is 60.3 Å². The van der Waals surface area contributed by atoms with Crippen molar-refractivity contribution in [3.05, 3.63) is 38.0 Å². The molecule has 0 aromatic rings. The van der Waals surface area contributed by atoms with Crippen LogP contribution in [0.2, 0.25) is 0 Å². The number of amides is 1. The van der Waals surface area contributed by atoms with E-state index >= 15 is 0 Å². The second kappa shape index (κ2) is 58.4. The average Bonchev–Trinajstić information content (AvgIpc) is 3.71. The molecule has 2 unspecified atom stereocenters. The van der Waals surface area contributed by atoms with Crippen LogP contribution in [0.25, 0.3) is 0 Å². The molecule has 1 saturated heterocycles. The number of nitrogens with zero attached hydrogens (tertiary/aromatic N) is 1. The number of ketones is 2. The first-order valence-electron chi connectivity index (χ1n) is 35.1. The highest BCUT2D eigenvalue weighted by Gasteiger charge is 2.46. The van der Waals surface area contributed by atoms with Crippen LogP contribution in [0.5, 0.6) is 0 Å². The highest BCUT2D eigenvalue weighted by molar-refractivity contribution is 5.90. The Bertz CT molecular complexity index is 1640. The summed E-state index contributed by atoms with van der Waals surface area (Å²) in [5.74, 6) is -0.922. The lowest BCUT2D eigenvalue weighted by Crippen LogP contribution is -2.34. The lowest BCUT2D eigenvalue weighted by atomic mass is 9.91. The first-order valence-corrected chi connectivity index (χ1v) is 35.1. The zero-order valence-electron chi connectivity index (χ0n) is 56.3. The second-order valence-corrected chi connectivity index (χ2v) is 24.2. The molecule has 0 aromatic carbocycles. The number of allylic oxidation sites excluding steroid dienone is 2. The van der Waals surface area contributed by atoms with Crippen molar-refractivity contribution in [3.63, 3.8) is 0 Å². The van der Waals surface area contributed by atoms with Crippen molar-refractivity contribution in [1.29, 1.82) is 0 Å². The number of esters is 3. The summed E-state index contributed by atoms with van der Waals surface area (Å²) in [6, 6.07) is 0.00314. The fourth-order valence-electron chi connectivity index (χ4n) is 11.1. The number of ether oxygens (including phenoxy) is 4. The molecule has 0 aromatic heterocycles. The number of unbranched alkanes of at least 4 members (excludes halogenated alkanes) is 21. The van der Waals surface area contributed by atoms with E-state index in [4.69, 9.17) is 18.9 Å². The van der Waals surface area contributed by atoms with E-state index in [0.29, 0.717) is 39.0 Å². The maximum Gasteiger partial charge on any atom is 0.306 e. The van der Waals surface area contributed by atoms with Gasteiger partial charge in [0.15, 0.2) is 11.6 Å². The van der Waals surface area contributed by atoms with Crippen LogP contribution < -0.4 is 0 Å². The van der Waals surface area contributed by atoms with Gasteiger partial charge in [-0.05, 0) is 80.9 Å². The molecule has 3 rings (SSSR count). The zero-order valence-corrected chi connectivity index (χ0v) is 56.3. The summed E-state index contributed by atoms with van der Waals surface area (Å²) in [7, 11) is 0. The summed E-state index contributed by atoms with van der Waals surface area (Å²) in [5, 5.41) is 0. The molecule has 84 heavy (non-hydrogen) atoms. The van der Waals surface area contributed by atoms with Crippen LogP contribution in [0, 0.1) is 17.8 Å². The predicted molar refractivity (Wildman–Crippen MR) is 352 cm³/mol. The van der Waals surface area contributed by atoms with Crippen molar-refractivity contribution in [2.45, 2.75) is 350 Å². The standard InChI is InChI=1S/C27H48O4.C26H41NO6.C9H18.C9H20.C2H6/c1-4-7-9-11-13-15-19-30-26(29)22-24(21-25(28)6-3)23-27(17-18-27)31-20-16-14-12-10-8-5-2;1-5-9-10-11-12-13-14-32-25(30)16-20(15-22(28)7-3)17-26(31)33-23-18-21(6-2)27(19-23)24(29)8-4;1-2-9-7-5-3-4-6-8-9;1-3-5-7-9-8-6-4-2;1-2/h6,24H,3-5,7-23H2,1-2H3;7-8,20-21,23H,3-6,9-19H2,1-2H3;9H,2-8H2,1H3;3-9H2,1-2H3;1-2H3/t;20?,21-,23-;;;/m.1.../s1. The minimum Gasteiger partial charge on any atom is -0.466 e. The molecular weight excluding hydrogens is 1050 g/mol. The number of carbonyl (C=O) groups is 6. The highest BCUT2D eigenvalue weighted by atomic mass is 16.5. The molecule has 4 atom stereocenters. The molecule has 1 aliphatic heterocycles. The Morgan fingerprint density at radius 1 is 0.476 bits per heavy atom. The van der Waals surface area contributed by atoms with Gasteiger partial charge in [-0.2, -0.15) is 0 Å². The van der Waals surface area contributed by atoms with Gasteiger partial charge in [-0.3, -0.25) is 28.8 Å². The van der Waals surface area contributed by atoms with E-state index in [1.165, 1.54) is 185 Å². The third kappa shape index (κ3) is 47.5. The molecule has 3 aliphatic rings. The molecule has 0 N–H and O–H groups in total. The van der Waals surface area contributed by atoms with Crippen molar-refractivity contribution in [3.8, 4) is 0 Å². The first kappa shape index (κ1) is 82.5. The fourth-order valence-corrected chi connectivity index (χ4v) is 11.1. The third-order valence-electron chi connectivity index (χ3n) is 16.6. The number of likely N-dealkylation sites (tertiary alicyclic amines) is 1. The van der Waals surface area contributed by atoms with Gasteiger partial charge in [0.25, 0.3) is 0 Å². The van der Waals surface area contributed by atoms with E-state index in [0.717, 1.165) is 76.7 Å². The van der Waals surface area contributed by atoms with Crippen molar-refractivity contribution >= 4 is 35.4 Å². The van der Waals surface area contributed by atoms with Gasteiger partial charge in [-0.1, -0.05) is 268 Å². The summed E-state index contributed by atoms with van der Waals surface area (Å²) in [4.78, 5) is 74.7. The number of rotatable bonds is 46. The Labute approximate surface area is 517 Å². The highest BCUT2D eigenvalue weighted by Crippen LogP contribution is 2.46. The summed E-state index contributed by atoms with van der Waals surface area (Å²) >= 11 is 0. The van der Waals surface area contributed by atoms with Crippen LogP contribution in [0.3, 0.4) is 0 Å². The van der Waals surface area contributed by atoms with E-state index in [1.807, 2.05) is 20.8 Å². The Kier molecular flexibility index (Phi) is 57.4. The van der Waals surface area contributed by atoms with Crippen molar-refractivity contribution in [2.75, 3.05) is 26.4 Å². The second-order valence-electron chi connectivity index (χ2n) is 24.2. The van der Waals surface area contributed by atoms with Crippen LogP contribution in [-0.4, -0.2) is 84.4 Å². The van der Waals surface area contributed by atoms with Gasteiger partial charge in [-0.15, -0.1) is 0 Å². The fraction of sp³-hybridized carbons (Fsp3) is 0.836. The summed E-state index contributed by atoms with van der Waals surface area (Å²) < 4.78 is 22.6. The summed E-state index contributed by atoms with van der Waals surface area (Å²) in [6.07, 6.45) is 49.7. The molecule has 0 radical (unpaired) electrons. The summed E-state index contributed by atoms with van der Waals surface area (Å²) in [6.45, 7) is 32.0. The van der Waals surface area contributed by atoms with Crippen molar-refractivity contribution in [1.82, 2.24) is 4.90 Å². The molecule has 0 spiro atoms. The normalized spacial score (nSPS) is 16.6. The topological polar surface area (TPSA) is 143 Å². The molecule has 0 bridgehead atoms. The van der Waals surface area contributed by atoms with Gasteiger partial charge in [-0.25, -0.2) is 0 Å². The van der Waals surface area contributed by atoms with Crippen LogP contribution in [0.1, 0.15) is 332 Å². The van der Waals surface area contributed by atoms with Crippen LogP contribution in [-0.2, 0) is 47.7 Å². The van der Waals surface area contributed by atoms with Crippen molar-refractivity contribution < 1.29 is 47.7 Å². The molecule has 1 heterocycles. The Morgan fingerprint density at radius 3 is 1.26 bits per heavy atom. The van der Waals surface area contributed by atoms with Crippen molar-refractivity contribution in [2.24, 2.45) is 17.8 Å². The quantitative estimate of drug-likeness (QED) is 0.0190. The molecular formula is C73H133NO10. The van der Waals surface area contributed by atoms with Gasteiger partial charge < -0.3 is 23.8 Å². The lowest BCUT2D eigenvalue weighted by Gasteiger charge is -2.23. The molecule has 3 fully saturated rings. The maximum absolute atomic E-state index is 12.6. The van der Waals surface area contributed by atoms with E-state index in [9.17, 15) is 28.8 Å². The first-order chi connectivity index (χ1) is 40.7. The predicted octanol–water partition coefficient (Wildman–Crippen LogP) is 20.0. The minimum atomic E-state index is -0.505. The van der Waals surface area contributed by atoms with Gasteiger partial charge in [0.05, 0.1) is 25.4 Å². The van der Waals surface area contributed by atoms with E-state index in [1.54, 1.807) is 4.90 Å². The largest absolute Gasteiger partial charge is 0.466 e. The Hall–Kier alpha value is -3.60. The van der Waals surface area contributed by atoms with Gasteiger partial charge in [0.2, 0.25) is 5.91 Å². The SMILES string of the molecule is C=CC(=O)CC(CC(=O)OCCCCCCCC)CC(=O)O[C@@H]1C[C@@H](CC)N(C(=O)C=C)C1.C=CC(=O)CC(CC(=O)OCCCCCCCC)CC1(OCCCCCCCC)CC1.CC.CCC1CCCCCC1.CCCCCCCCC. The van der Waals surface area contributed by atoms with Gasteiger partial charge in [0.1, 0.15) is 6.10 Å². The molecule has 490 valence electrons. The van der Waals surface area contributed by atoms with Gasteiger partial charge >= 0.3 is 17.9 Å². The van der Waals surface area contributed by atoms with Crippen LogP contribution in [0.4, 0.5) is 0 Å². The summed E-state index contributed by atoms with van der Waals surface area (Å²) in [5.41, 5.74) is -0.116. The van der Waals surface area contributed by atoms with Gasteiger partial charge in [0, 0.05) is 51.2 Å². The zero-order chi connectivity index (χ0) is 62.9. The number of carbonyl (C=O) groups excluding carboxylic acids is 6. The van der Waals surface area contributed by atoms with E-state index in [2.05, 4.69) is 61.3 Å². The van der Waals surface area contributed by atoms with E-state index < -0.39 is 24.0 Å². The monoisotopic (exact) mass is 1180 g/mol. The maximum atomic E-state index is 12.6. The molecule has 2 saturated carbocycles. The molecule has 2 aliphatic carbocycles. The van der Waals surface area contributed by atoms with Crippen LogP contribution >= 0.6 is 0 Å². The number of hydrogen-bond acceptors (Lipinski definition) is 10. The minimum absolute atomic E-state index is 0.000415. The Balaban J connectivity index is 0. The molecule has 1 amide bonds. The lowest BCUT2D eigenvalue weighted by molar-refractivity contribution is -0.151. The smallest absolute Gasteiger partial charge is 0.306 e. The average molecular weight is 1180 g/mol. The molecule has 11 heteroatoms.